The van der Waals surface area contributed by atoms with Crippen molar-refractivity contribution in [2.45, 2.75) is 6.92 Å². The zero-order valence-corrected chi connectivity index (χ0v) is 7.81. The maximum Gasteiger partial charge on any atom is 0.322 e. The highest BCUT2D eigenvalue weighted by atomic mass is 16.5. The van der Waals surface area contributed by atoms with Crippen molar-refractivity contribution in [1.29, 1.82) is 0 Å². The van der Waals surface area contributed by atoms with E-state index in [0.29, 0.717) is 5.82 Å². The molecule has 0 saturated heterocycles. The monoisotopic (exact) mass is 181 g/mol. The molecule has 0 bridgehead atoms. The lowest BCUT2D eigenvalue weighted by Crippen LogP contribution is -2.00. The molecule has 0 aliphatic heterocycles. The summed E-state index contributed by atoms with van der Waals surface area (Å²) >= 11 is 0. The molecule has 70 valence electrons. The highest BCUT2D eigenvalue weighted by molar-refractivity contribution is 5.39. The number of allylic oxidation sites excluding steroid dienone is 1. The van der Waals surface area contributed by atoms with E-state index < -0.39 is 0 Å². The van der Waals surface area contributed by atoms with Gasteiger partial charge in [0.1, 0.15) is 0 Å². The van der Waals surface area contributed by atoms with Crippen LogP contribution in [0.5, 0.6) is 12.0 Å². The molecule has 0 aromatic carbocycles. The Morgan fingerprint density at radius 2 is 1.54 bits per heavy atom. The maximum atomic E-state index is 4.87. The van der Waals surface area contributed by atoms with Crippen molar-refractivity contribution in [3.63, 3.8) is 0 Å². The summed E-state index contributed by atoms with van der Waals surface area (Å²) in [6.45, 7) is 1.88. The summed E-state index contributed by atoms with van der Waals surface area (Å²) in [5, 5.41) is 0. The predicted octanol–water partition coefficient (Wildman–Crippen LogP) is 0.922. The van der Waals surface area contributed by atoms with E-state index in [4.69, 9.17) is 9.47 Å². The van der Waals surface area contributed by atoms with Crippen LogP contribution in [0.1, 0.15) is 12.7 Å². The lowest BCUT2D eigenvalue weighted by Gasteiger charge is -2.01. The number of hydrogen-bond donors (Lipinski definition) is 0. The second-order valence-corrected chi connectivity index (χ2v) is 2.17. The van der Waals surface area contributed by atoms with Gasteiger partial charge in [0, 0.05) is 0 Å². The van der Waals surface area contributed by atoms with Crippen LogP contribution in [0.3, 0.4) is 0 Å². The van der Waals surface area contributed by atoms with Crippen molar-refractivity contribution in [2.75, 3.05) is 14.2 Å². The van der Waals surface area contributed by atoms with Gasteiger partial charge < -0.3 is 9.47 Å². The number of hydrogen-bond acceptors (Lipinski definition) is 5. The van der Waals surface area contributed by atoms with E-state index >= 15 is 0 Å². The van der Waals surface area contributed by atoms with Crippen molar-refractivity contribution in [3.05, 3.63) is 11.9 Å². The first-order valence-electron chi connectivity index (χ1n) is 3.77. The second-order valence-electron chi connectivity index (χ2n) is 2.17. The van der Waals surface area contributed by atoms with Crippen LogP contribution in [0.25, 0.3) is 6.08 Å². The van der Waals surface area contributed by atoms with Gasteiger partial charge in [0.25, 0.3) is 0 Å². The third-order valence-electron chi connectivity index (χ3n) is 1.29. The fourth-order valence-corrected chi connectivity index (χ4v) is 0.759. The molecule has 0 aliphatic carbocycles. The molecule has 1 rings (SSSR count). The van der Waals surface area contributed by atoms with Crippen LogP contribution in [0.4, 0.5) is 0 Å². The first kappa shape index (κ1) is 9.44. The van der Waals surface area contributed by atoms with Gasteiger partial charge in [-0.2, -0.15) is 9.97 Å². The number of nitrogens with zero attached hydrogens (tertiary/aromatic N) is 3. The fraction of sp³-hybridized carbons (Fsp3) is 0.375. The normalized spacial score (nSPS) is 10.4. The van der Waals surface area contributed by atoms with Crippen LogP contribution < -0.4 is 9.47 Å². The molecule has 0 aliphatic rings. The first-order chi connectivity index (χ1) is 6.30. The van der Waals surface area contributed by atoms with Crippen LogP contribution in [0.2, 0.25) is 0 Å². The van der Waals surface area contributed by atoms with Crippen LogP contribution in [0, 0.1) is 0 Å². The van der Waals surface area contributed by atoms with E-state index in [-0.39, 0.29) is 12.0 Å². The van der Waals surface area contributed by atoms with Crippen LogP contribution in [0.15, 0.2) is 6.08 Å². The van der Waals surface area contributed by atoms with Gasteiger partial charge in [-0.3, -0.25) is 0 Å². The summed E-state index contributed by atoms with van der Waals surface area (Å²) in [5.41, 5.74) is 0. The SMILES string of the molecule is C/C=C\c1nc(OC)nc(OC)n1. The minimum absolute atomic E-state index is 0.250. The quantitative estimate of drug-likeness (QED) is 0.694. The average molecular weight is 181 g/mol. The summed E-state index contributed by atoms with van der Waals surface area (Å²) < 4.78 is 9.74. The molecular weight excluding hydrogens is 170 g/mol. The Balaban J connectivity index is 3.07. The lowest BCUT2D eigenvalue weighted by molar-refractivity contribution is 0.339. The molecule has 0 spiro atoms. The number of rotatable bonds is 3. The number of methoxy groups -OCH3 is 2. The Kier molecular flexibility index (Phi) is 3.19. The van der Waals surface area contributed by atoms with Gasteiger partial charge in [-0.25, -0.2) is 0 Å². The molecule has 13 heavy (non-hydrogen) atoms. The Morgan fingerprint density at radius 3 is 1.92 bits per heavy atom. The van der Waals surface area contributed by atoms with Crippen LogP contribution in [-0.4, -0.2) is 29.2 Å². The van der Waals surface area contributed by atoms with Gasteiger partial charge in [-0.1, -0.05) is 6.08 Å². The van der Waals surface area contributed by atoms with Gasteiger partial charge in [-0.15, -0.1) is 4.98 Å². The number of ether oxygens (including phenoxy) is 2. The standard InChI is InChI=1S/C8H11N3O2/c1-4-5-6-9-7(12-2)11-8(10-6)13-3/h4-5H,1-3H3/b5-4-. The van der Waals surface area contributed by atoms with Crippen molar-refractivity contribution in [3.8, 4) is 12.0 Å². The van der Waals surface area contributed by atoms with Gasteiger partial charge in [0.2, 0.25) is 0 Å². The third kappa shape index (κ3) is 2.40. The van der Waals surface area contributed by atoms with E-state index in [0.717, 1.165) is 0 Å². The lowest BCUT2D eigenvalue weighted by atomic mass is 10.5. The molecule has 1 aromatic rings. The molecule has 1 heterocycles. The highest BCUT2D eigenvalue weighted by Gasteiger charge is 2.03. The summed E-state index contributed by atoms with van der Waals surface area (Å²) in [6.07, 6.45) is 3.57. The minimum Gasteiger partial charge on any atom is -0.467 e. The molecule has 0 N–H and O–H groups in total. The Morgan fingerprint density at radius 1 is 1.00 bits per heavy atom. The van der Waals surface area contributed by atoms with Gasteiger partial charge in [-0.05, 0) is 13.0 Å². The van der Waals surface area contributed by atoms with E-state index in [1.165, 1.54) is 14.2 Å². The molecule has 0 unspecified atom stereocenters. The van der Waals surface area contributed by atoms with Crippen LogP contribution >= 0.6 is 0 Å². The molecule has 1 aromatic heterocycles. The molecular formula is C8H11N3O2. The highest BCUT2D eigenvalue weighted by Crippen LogP contribution is 2.09. The predicted molar refractivity (Wildman–Crippen MR) is 47.6 cm³/mol. The van der Waals surface area contributed by atoms with E-state index in [9.17, 15) is 0 Å². The summed E-state index contributed by atoms with van der Waals surface area (Å²) in [7, 11) is 2.99. The zero-order chi connectivity index (χ0) is 9.68. The van der Waals surface area contributed by atoms with Crippen molar-refractivity contribution in [2.24, 2.45) is 0 Å². The smallest absolute Gasteiger partial charge is 0.322 e. The summed E-state index contributed by atoms with van der Waals surface area (Å²) in [4.78, 5) is 11.8. The maximum absolute atomic E-state index is 4.87. The minimum atomic E-state index is 0.250. The summed E-state index contributed by atoms with van der Waals surface area (Å²) in [6, 6.07) is 0.500. The van der Waals surface area contributed by atoms with Gasteiger partial charge in [0.05, 0.1) is 14.2 Å². The Labute approximate surface area is 76.5 Å². The fourth-order valence-electron chi connectivity index (χ4n) is 0.759. The van der Waals surface area contributed by atoms with E-state index in [1.54, 1.807) is 6.08 Å². The Hall–Kier alpha value is -1.65. The molecule has 0 amide bonds. The molecule has 0 fully saturated rings. The average Bonchev–Trinajstić information content (AvgIpc) is 2.17. The van der Waals surface area contributed by atoms with Crippen molar-refractivity contribution < 1.29 is 9.47 Å². The van der Waals surface area contributed by atoms with Gasteiger partial charge >= 0.3 is 12.0 Å². The van der Waals surface area contributed by atoms with Crippen molar-refractivity contribution in [1.82, 2.24) is 15.0 Å². The molecule has 5 nitrogen and oxygen atoms in total. The molecule has 0 saturated carbocycles. The second kappa shape index (κ2) is 4.39. The van der Waals surface area contributed by atoms with E-state index in [2.05, 4.69) is 15.0 Å². The zero-order valence-electron chi connectivity index (χ0n) is 7.81. The molecule has 0 radical (unpaired) electrons. The first-order valence-corrected chi connectivity index (χ1v) is 3.77. The largest absolute Gasteiger partial charge is 0.467 e. The topological polar surface area (TPSA) is 57.1 Å². The van der Waals surface area contributed by atoms with Crippen molar-refractivity contribution >= 4 is 6.08 Å². The molecule has 5 heteroatoms. The molecule has 0 atom stereocenters. The van der Waals surface area contributed by atoms with E-state index in [1.807, 2.05) is 13.0 Å². The van der Waals surface area contributed by atoms with Crippen LogP contribution in [-0.2, 0) is 0 Å². The van der Waals surface area contributed by atoms with Gasteiger partial charge in [0.15, 0.2) is 5.82 Å². The third-order valence-corrected chi connectivity index (χ3v) is 1.29. The Bertz CT molecular complexity index is 290. The number of aromatic nitrogens is 3. The summed E-state index contributed by atoms with van der Waals surface area (Å²) in [5.74, 6) is 0.520.